The van der Waals surface area contributed by atoms with Crippen LogP contribution in [-0.2, 0) is 11.3 Å². The zero-order chi connectivity index (χ0) is 17.7. The van der Waals surface area contributed by atoms with Gasteiger partial charge in [0.15, 0.2) is 0 Å². The Bertz CT molecular complexity index is 620. The van der Waals surface area contributed by atoms with Crippen LogP contribution in [0.4, 0.5) is 13.2 Å². The molecule has 1 heterocycles. The Hall–Kier alpha value is -1.24. The van der Waals surface area contributed by atoms with Crippen molar-refractivity contribution in [3.63, 3.8) is 0 Å². The number of carbonyl (C=O) groups excluding carboxylic acids is 1. The van der Waals surface area contributed by atoms with Gasteiger partial charge in [0.05, 0.1) is 0 Å². The lowest BCUT2D eigenvalue weighted by Crippen LogP contribution is -2.28. The van der Waals surface area contributed by atoms with Gasteiger partial charge in [0, 0.05) is 55.0 Å². The summed E-state index contributed by atoms with van der Waals surface area (Å²) >= 11 is 12.0. The van der Waals surface area contributed by atoms with E-state index in [1.54, 1.807) is 17.0 Å². The highest BCUT2D eigenvalue weighted by Gasteiger charge is 2.36. The summed E-state index contributed by atoms with van der Waals surface area (Å²) in [5.74, 6) is -1.84. The molecule has 132 valence electrons. The van der Waals surface area contributed by atoms with Gasteiger partial charge in [0.1, 0.15) is 0 Å². The first-order chi connectivity index (χ1) is 11.3. The van der Waals surface area contributed by atoms with Gasteiger partial charge < -0.3 is 4.90 Å². The van der Waals surface area contributed by atoms with Gasteiger partial charge in [-0.15, -0.1) is 0 Å². The molecule has 0 saturated carbocycles. The molecule has 1 aromatic rings. The highest BCUT2D eigenvalue weighted by atomic mass is 35.5. The minimum Gasteiger partial charge on any atom is -0.376 e. The van der Waals surface area contributed by atoms with Crippen LogP contribution in [0.3, 0.4) is 0 Å². The lowest BCUT2D eigenvalue weighted by Gasteiger charge is -2.21. The zero-order valence-corrected chi connectivity index (χ0v) is 14.3. The van der Waals surface area contributed by atoms with Crippen molar-refractivity contribution < 1.29 is 18.0 Å². The Morgan fingerprint density at radius 1 is 1.17 bits per heavy atom. The van der Waals surface area contributed by atoms with E-state index in [4.69, 9.17) is 23.2 Å². The van der Waals surface area contributed by atoms with Crippen LogP contribution in [0.2, 0.25) is 10.0 Å². The molecule has 0 N–H and O–H groups in total. The number of ketones is 1. The largest absolute Gasteiger partial charge is 0.454 e. The second-order valence-electron chi connectivity index (χ2n) is 5.58. The first-order valence-electron chi connectivity index (χ1n) is 7.45. The first-order valence-corrected chi connectivity index (χ1v) is 8.21. The summed E-state index contributed by atoms with van der Waals surface area (Å²) in [5.41, 5.74) is 0.956. The second kappa shape index (κ2) is 8.23. The van der Waals surface area contributed by atoms with Crippen LogP contribution in [0.1, 0.15) is 12.0 Å². The van der Waals surface area contributed by atoms with Crippen molar-refractivity contribution in [2.75, 3.05) is 26.2 Å². The average Bonchev–Trinajstić information content (AvgIpc) is 2.72. The molecule has 3 nitrogen and oxygen atoms in total. The molecule has 0 radical (unpaired) electrons. The minimum absolute atomic E-state index is 0.548. The smallest absolute Gasteiger partial charge is 0.376 e. The molecule has 0 aliphatic carbocycles. The number of alkyl halides is 3. The molecular weight excluding hydrogens is 364 g/mol. The summed E-state index contributed by atoms with van der Waals surface area (Å²) in [7, 11) is 0. The third kappa shape index (κ3) is 5.69. The Morgan fingerprint density at radius 2 is 1.92 bits per heavy atom. The molecule has 1 aliphatic rings. The number of hydrogen-bond donors (Lipinski definition) is 0. The maximum absolute atomic E-state index is 12.2. The van der Waals surface area contributed by atoms with Crippen molar-refractivity contribution in [2.45, 2.75) is 19.1 Å². The van der Waals surface area contributed by atoms with E-state index in [1.165, 1.54) is 6.20 Å². The predicted molar refractivity (Wildman–Crippen MR) is 88.1 cm³/mol. The molecule has 0 unspecified atom stereocenters. The molecule has 0 bridgehead atoms. The van der Waals surface area contributed by atoms with E-state index < -0.39 is 12.0 Å². The fraction of sp³-hybridized carbons (Fsp3) is 0.438. The third-order valence-electron chi connectivity index (χ3n) is 3.75. The van der Waals surface area contributed by atoms with Gasteiger partial charge in [0.25, 0.3) is 5.78 Å². The molecule has 1 aromatic carbocycles. The van der Waals surface area contributed by atoms with E-state index in [-0.39, 0.29) is 0 Å². The Balaban J connectivity index is 1.90. The standard InChI is InChI=1S/C16H17Cl2F3N2O/c17-13-3-2-12(14(18)10-13)11-23-6-1-5-22(8-9-23)7-4-15(24)16(19,20)21/h2-4,7,10H,1,5-6,8-9,11H2/b7-4-. The predicted octanol–water partition coefficient (Wildman–Crippen LogP) is 4.15. The lowest BCUT2D eigenvalue weighted by molar-refractivity contribution is -0.165. The van der Waals surface area contributed by atoms with Gasteiger partial charge in [0.2, 0.25) is 0 Å². The number of allylic oxidation sites excluding steroid dienone is 1. The van der Waals surface area contributed by atoms with E-state index in [0.717, 1.165) is 18.5 Å². The van der Waals surface area contributed by atoms with Gasteiger partial charge >= 0.3 is 6.18 Å². The molecule has 8 heteroatoms. The maximum Gasteiger partial charge on any atom is 0.454 e. The van der Waals surface area contributed by atoms with Crippen LogP contribution < -0.4 is 0 Å². The topological polar surface area (TPSA) is 23.6 Å². The van der Waals surface area contributed by atoms with Gasteiger partial charge in [-0.3, -0.25) is 9.69 Å². The second-order valence-corrected chi connectivity index (χ2v) is 6.42. The number of halogens is 5. The molecule has 24 heavy (non-hydrogen) atoms. The Kier molecular flexibility index (Phi) is 6.54. The van der Waals surface area contributed by atoms with Crippen molar-refractivity contribution >= 4 is 29.0 Å². The molecule has 0 aromatic heterocycles. The lowest BCUT2D eigenvalue weighted by atomic mass is 10.2. The van der Waals surface area contributed by atoms with Crippen LogP contribution in [-0.4, -0.2) is 47.9 Å². The quantitative estimate of drug-likeness (QED) is 0.733. The molecule has 0 atom stereocenters. The van der Waals surface area contributed by atoms with E-state index in [0.29, 0.717) is 42.3 Å². The third-order valence-corrected chi connectivity index (χ3v) is 4.34. The number of rotatable bonds is 4. The van der Waals surface area contributed by atoms with Crippen molar-refractivity contribution in [1.29, 1.82) is 0 Å². The molecule has 1 aliphatic heterocycles. The zero-order valence-electron chi connectivity index (χ0n) is 12.8. The van der Waals surface area contributed by atoms with Gasteiger partial charge in [-0.1, -0.05) is 29.3 Å². The molecular formula is C16H17Cl2F3N2O. The monoisotopic (exact) mass is 380 g/mol. The first kappa shape index (κ1) is 19.1. The number of carbonyl (C=O) groups is 1. The van der Waals surface area contributed by atoms with E-state index in [2.05, 4.69) is 4.90 Å². The number of hydrogen-bond acceptors (Lipinski definition) is 3. The average molecular weight is 381 g/mol. The number of nitrogens with zero attached hydrogens (tertiary/aromatic N) is 2. The van der Waals surface area contributed by atoms with E-state index in [1.807, 2.05) is 6.07 Å². The highest BCUT2D eigenvalue weighted by Crippen LogP contribution is 2.23. The SMILES string of the molecule is O=C(/C=C\N1CCCN(Cc2ccc(Cl)cc2Cl)CC1)C(F)(F)F. The Morgan fingerprint density at radius 3 is 2.58 bits per heavy atom. The van der Waals surface area contributed by atoms with Crippen LogP contribution in [0, 0.1) is 0 Å². The summed E-state index contributed by atoms with van der Waals surface area (Å²) < 4.78 is 36.6. The summed E-state index contributed by atoms with van der Waals surface area (Å²) in [5, 5.41) is 1.17. The fourth-order valence-corrected chi connectivity index (χ4v) is 2.92. The molecule has 1 saturated heterocycles. The van der Waals surface area contributed by atoms with Crippen LogP contribution in [0.25, 0.3) is 0 Å². The van der Waals surface area contributed by atoms with Crippen LogP contribution in [0.15, 0.2) is 30.5 Å². The van der Waals surface area contributed by atoms with Crippen molar-refractivity contribution in [2.24, 2.45) is 0 Å². The summed E-state index contributed by atoms with van der Waals surface area (Å²) in [6.45, 7) is 3.27. The summed E-state index contributed by atoms with van der Waals surface area (Å²) in [6.07, 6.45) is -2.21. The van der Waals surface area contributed by atoms with E-state index >= 15 is 0 Å². The van der Waals surface area contributed by atoms with Gasteiger partial charge in [-0.25, -0.2) is 0 Å². The normalized spacial score (nSPS) is 17.3. The number of benzene rings is 1. The molecule has 2 rings (SSSR count). The van der Waals surface area contributed by atoms with Crippen LogP contribution in [0.5, 0.6) is 0 Å². The summed E-state index contributed by atoms with van der Waals surface area (Å²) in [6, 6.07) is 5.33. The minimum atomic E-state index is -4.82. The molecule has 0 amide bonds. The highest BCUT2D eigenvalue weighted by molar-refractivity contribution is 6.35. The van der Waals surface area contributed by atoms with Crippen LogP contribution >= 0.6 is 23.2 Å². The van der Waals surface area contributed by atoms with Crippen molar-refractivity contribution in [3.05, 3.63) is 46.1 Å². The van der Waals surface area contributed by atoms with Crippen molar-refractivity contribution in [1.82, 2.24) is 9.80 Å². The van der Waals surface area contributed by atoms with E-state index in [9.17, 15) is 18.0 Å². The molecule has 0 spiro atoms. The van der Waals surface area contributed by atoms with Gasteiger partial charge in [-0.2, -0.15) is 13.2 Å². The van der Waals surface area contributed by atoms with Crippen molar-refractivity contribution in [3.8, 4) is 0 Å². The Labute approximate surface area is 148 Å². The van der Waals surface area contributed by atoms with Gasteiger partial charge in [-0.05, 0) is 24.1 Å². The maximum atomic E-state index is 12.2. The molecule has 1 fully saturated rings. The summed E-state index contributed by atoms with van der Waals surface area (Å²) in [4.78, 5) is 14.8. The fourth-order valence-electron chi connectivity index (χ4n) is 2.46.